The SMILES string of the molecule is CSCCCCCNc1ncc(Cl)cc1Br. The van der Waals surface area contributed by atoms with E-state index in [0.717, 1.165) is 16.8 Å². The maximum atomic E-state index is 5.81. The third kappa shape index (κ3) is 5.41. The lowest BCUT2D eigenvalue weighted by Crippen LogP contribution is -2.04. The number of anilines is 1. The Morgan fingerprint density at radius 3 is 2.94 bits per heavy atom. The monoisotopic (exact) mass is 322 g/mol. The number of halogens is 2. The van der Waals surface area contributed by atoms with Crippen LogP contribution in [0.1, 0.15) is 19.3 Å². The largest absolute Gasteiger partial charge is 0.369 e. The molecule has 1 rings (SSSR count). The second kappa shape index (κ2) is 8.20. The van der Waals surface area contributed by atoms with Crippen molar-refractivity contribution in [2.24, 2.45) is 0 Å². The van der Waals surface area contributed by atoms with Crippen LogP contribution in [0.5, 0.6) is 0 Å². The molecule has 1 N–H and O–H groups in total. The van der Waals surface area contributed by atoms with Gasteiger partial charge in [0, 0.05) is 12.7 Å². The van der Waals surface area contributed by atoms with Gasteiger partial charge in [-0.1, -0.05) is 18.0 Å². The maximum Gasteiger partial charge on any atom is 0.140 e. The average molecular weight is 324 g/mol. The van der Waals surface area contributed by atoms with E-state index in [0.29, 0.717) is 5.02 Å². The molecule has 2 nitrogen and oxygen atoms in total. The number of aromatic nitrogens is 1. The molecule has 0 spiro atoms. The van der Waals surface area contributed by atoms with Crippen LogP contribution >= 0.6 is 39.3 Å². The Labute approximate surface area is 115 Å². The van der Waals surface area contributed by atoms with Crippen LogP contribution in [0, 0.1) is 0 Å². The number of rotatable bonds is 7. The van der Waals surface area contributed by atoms with Crippen LogP contribution in [0.4, 0.5) is 5.82 Å². The maximum absolute atomic E-state index is 5.81. The van der Waals surface area contributed by atoms with E-state index in [1.807, 2.05) is 17.8 Å². The summed E-state index contributed by atoms with van der Waals surface area (Å²) in [5.41, 5.74) is 0. The quantitative estimate of drug-likeness (QED) is 0.751. The molecule has 0 aliphatic heterocycles. The van der Waals surface area contributed by atoms with Crippen LogP contribution in [0.25, 0.3) is 0 Å². The standard InChI is InChI=1S/C11H16BrClN2S/c1-16-6-4-2-3-5-14-11-10(12)7-9(13)8-15-11/h7-8H,2-6H2,1H3,(H,14,15). The highest BCUT2D eigenvalue weighted by atomic mass is 79.9. The fourth-order valence-corrected chi connectivity index (χ4v) is 2.57. The van der Waals surface area contributed by atoms with Crippen LogP contribution in [0.3, 0.4) is 0 Å². The first-order valence-corrected chi connectivity index (χ1v) is 7.84. The Hall–Kier alpha value is 0.0700. The summed E-state index contributed by atoms with van der Waals surface area (Å²) in [6, 6.07) is 1.85. The molecule has 0 aliphatic rings. The molecular weight excluding hydrogens is 308 g/mol. The van der Waals surface area contributed by atoms with Crippen LogP contribution in [0.15, 0.2) is 16.7 Å². The molecule has 0 aliphatic carbocycles. The van der Waals surface area contributed by atoms with Gasteiger partial charge in [-0.25, -0.2) is 4.98 Å². The van der Waals surface area contributed by atoms with Crippen LogP contribution in [-0.4, -0.2) is 23.5 Å². The molecule has 1 aromatic rings. The normalized spacial score (nSPS) is 10.4. The van der Waals surface area contributed by atoms with Gasteiger partial charge in [0.2, 0.25) is 0 Å². The number of nitrogens with zero attached hydrogens (tertiary/aromatic N) is 1. The van der Waals surface area contributed by atoms with E-state index in [-0.39, 0.29) is 0 Å². The van der Waals surface area contributed by atoms with E-state index >= 15 is 0 Å². The molecular formula is C11H16BrClN2S. The molecule has 0 saturated heterocycles. The minimum atomic E-state index is 0.650. The third-order valence-corrected chi connectivity index (χ3v) is 3.63. The Kier molecular flexibility index (Phi) is 7.25. The molecule has 5 heteroatoms. The van der Waals surface area contributed by atoms with Crippen molar-refractivity contribution in [1.29, 1.82) is 0 Å². The highest BCUT2D eigenvalue weighted by Gasteiger charge is 2.00. The van der Waals surface area contributed by atoms with Crippen LogP contribution in [-0.2, 0) is 0 Å². The van der Waals surface area contributed by atoms with E-state index in [4.69, 9.17) is 11.6 Å². The molecule has 0 atom stereocenters. The van der Waals surface area contributed by atoms with Gasteiger partial charge in [-0.3, -0.25) is 0 Å². The first-order valence-electron chi connectivity index (χ1n) is 5.28. The van der Waals surface area contributed by atoms with Crippen molar-refractivity contribution < 1.29 is 0 Å². The molecule has 0 unspecified atom stereocenters. The van der Waals surface area contributed by atoms with Gasteiger partial charge in [-0.05, 0) is 46.8 Å². The minimum Gasteiger partial charge on any atom is -0.369 e. The average Bonchev–Trinajstić information content (AvgIpc) is 2.26. The van der Waals surface area contributed by atoms with E-state index in [1.165, 1.54) is 25.0 Å². The van der Waals surface area contributed by atoms with Gasteiger partial charge in [-0.2, -0.15) is 11.8 Å². The summed E-state index contributed by atoms with van der Waals surface area (Å²) < 4.78 is 0.920. The lowest BCUT2D eigenvalue weighted by molar-refractivity contribution is 0.748. The summed E-state index contributed by atoms with van der Waals surface area (Å²) in [5.74, 6) is 2.12. The highest BCUT2D eigenvalue weighted by molar-refractivity contribution is 9.10. The zero-order valence-corrected chi connectivity index (χ0v) is 12.5. The smallest absolute Gasteiger partial charge is 0.140 e. The van der Waals surface area contributed by atoms with Gasteiger partial charge in [0.05, 0.1) is 9.50 Å². The Morgan fingerprint density at radius 1 is 1.44 bits per heavy atom. The summed E-state index contributed by atoms with van der Waals surface area (Å²) in [7, 11) is 0. The number of pyridine rings is 1. The molecule has 0 radical (unpaired) electrons. The molecule has 90 valence electrons. The van der Waals surface area contributed by atoms with Gasteiger partial charge >= 0.3 is 0 Å². The zero-order chi connectivity index (χ0) is 11.8. The van der Waals surface area contributed by atoms with Crippen LogP contribution < -0.4 is 5.32 Å². The third-order valence-electron chi connectivity index (χ3n) is 2.13. The second-order valence-corrected chi connectivity index (χ2v) is 5.74. The summed E-state index contributed by atoms with van der Waals surface area (Å²) in [4.78, 5) is 4.22. The van der Waals surface area contributed by atoms with Gasteiger partial charge in [0.15, 0.2) is 0 Å². The summed E-state index contributed by atoms with van der Waals surface area (Å²) in [5, 5.41) is 3.94. The molecule has 16 heavy (non-hydrogen) atoms. The number of nitrogens with one attached hydrogen (secondary N) is 1. The van der Waals surface area contributed by atoms with Gasteiger partial charge in [0.25, 0.3) is 0 Å². The highest BCUT2D eigenvalue weighted by Crippen LogP contribution is 2.23. The lowest BCUT2D eigenvalue weighted by Gasteiger charge is -2.07. The zero-order valence-electron chi connectivity index (χ0n) is 9.30. The van der Waals surface area contributed by atoms with Crippen molar-refractivity contribution in [3.05, 3.63) is 21.8 Å². The first kappa shape index (κ1) is 14.1. The molecule has 0 amide bonds. The molecule has 0 aromatic carbocycles. The van der Waals surface area contributed by atoms with Crippen molar-refractivity contribution in [1.82, 2.24) is 4.98 Å². The van der Waals surface area contributed by atoms with Gasteiger partial charge in [-0.15, -0.1) is 0 Å². The lowest BCUT2D eigenvalue weighted by atomic mass is 10.2. The number of thioether (sulfide) groups is 1. The number of hydrogen-bond donors (Lipinski definition) is 1. The molecule has 0 fully saturated rings. The number of hydrogen-bond acceptors (Lipinski definition) is 3. The van der Waals surface area contributed by atoms with Gasteiger partial charge < -0.3 is 5.32 Å². The fourth-order valence-electron chi connectivity index (χ4n) is 1.30. The predicted molar refractivity (Wildman–Crippen MR) is 77.7 cm³/mol. The van der Waals surface area contributed by atoms with E-state index in [9.17, 15) is 0 Å². The Bertz CT molecular complexity index is 323. The molecule has 1 heterocycles. The second-order valence-electron chi connectivity index (χ2n) is 3.46. The number of unbranched alkanes of at least 4 members (excludes halogenated alkanes) is 2. The van der Waals surface area contributed by atoms with Crippen molar-refractivity contribution in [3.63, 3.8) is 0 Å². The van der Waals surface area contributed by atoms with Crippen LogP contribution in [0.2, 0.25) is 5.02 Å². The van der Waals surface area contributed by atoms with Gasteiger partial charge in [0.1, 0.15) is 5.82 Å². The van der Waals surface area contributed by atoms with E-state index in [1.54, 1.807) is 6.20 Å². The topological polar surface area (TPSA) is 24.9 Å². The first-order chi connectivity index (χ1) is 7.74. The minimum absolute atomic E-state index is 0.650. The van der Waals surface area contributed by atoms with E-state index < -0.39 is 0 Å². The van der Waals surface area contributed by atoms with Crippen molar-refractivity contribution >= 4 is 45.1 Å². The van der Waals surface area contributed by atoms with Crippen molar-refractivity contribution in [2.45, 2.75) is 19.3 Å². The summed E-state index contributed by atoms with van der Waals surface area (Å²) in [6.07, 6.45) is 7.53. The Balaban J connectivity index is 2.21. The predicted octanol–water partition coefficient (Wildman–Crippen LogP) is 4.44. The summed E-state index contributed by atoms with van der Waals surface area (Å²) in [6.45, 7) is 0.960. The molecule has 1 aromatic heterocycles. The van der Waals surface area contributed by atoms with Crippen molar-refractivity contribution in [3.8, 4) is 0 Å². The summed E-state index contributed by atoms with van der Waals surface area (Å²) >= 11 is 11.1. The molecule has 0 saturated carbocycles. The van der Waals surface area contributed by atoms with E-state index in [2.05, 4.69) is 32.5 Å². The fraction of sp³-hybridized carbons (Fsp3) is 0.545. The molecule has 0 bridgehead atoms. The van der Waals surface area contributed by atoms with Crippen molar-refractivity contribution in [2.75, 3.05) is 23.9 Å². The Morgan fingerprint density at radius 2 is 2.25 bits per heavy atom.